The average Bonchev–Trinajstić information content (AvgIpc) is 2.23. The Morgan fingerprint density at radius 3 is 2.12 bits per heavy atom. The minimum Gasteiger partial charge on any atom is -0.353 e. The standard InChI is InChI=1S/C11H25N3O.2ClH/c1-5-12-10(4)8-13-11(15)9-14(6-2)7-3;;/h10,12H,5-9H2,1-4H3,(H,13,15);2*1H/t10-;;/m1../s1. The first kappa shape index (κ1) is 22.2. The summed E-state index contributed by atoms with van der Waals surface area (Å²) in [5, 5.41) is 6.18. The molecule has 0 saturated heterocycles. The summed E-state index contributed by atoms with van der Waals surface area (Å²) in [4.78, 5) is 13.6. The summed E-state index contributed by atoms with van der Waals surface area (Å²) in [5.41, 5.74) is 0. The molecule has 106 valence electrons. The van der Waals surface area contributed by atoms with E-state index in [0.29, 0.717) is 19.1 Å². The molecule has 0 unspecified atom stereocenters. The number of halogens is 2. The molecule has 0 spiro atoms. The van der Waals surface area contributed by atoms with Crippen molar-refractivity contribution in [3.8, 4) is 0 Å². The highest BCUT2D eigenvalue weighted by Crippen LogP contribution is 1.86. The lowest BCUT2D eigenvalue weighted by atomic mass is 10.3. The Balaban J connectivity index is -0.000000980. The normalized spacial score (nSPS) is 11.4. The number of carbonyl (C=O) groups excluding carboxylic acids is 1. The SMILES string of the molecule is CCN[C@H](C)CNC(=O)CN(CC)CC.Cl.Cl. The van der Waals surface area contributed by atoms with Crippen LogP contribution in [-0.2, 0) is 4.79 Å². The summed E-state index contributed by atoms with van der Waals surface area (Å²) < 4.78 is 0. The first-order valence-electron chi connectivity index (χ1n) is 5.86. The third-order valence-electron chi connectivity index (χ3n) is 2.42. The monoisotopic (exact) mass is 287 g/mol. The number of carbonyl (C=O) groups is 1. The van der Waals surface area contributed by atoms with Gasteiger partial charge in [0.1, 0.15) is 0 Å². The van der Waals surface area contributed by atoms with Gasteiger partial charge in [0, 0.05) is 12.6 Å². The Kier molecular flexibility index (Phi) is 18.3. The van der Waals surface area contributed by atoms with E-state index >= 15 is 0 Å². The van der Waals surface area contributed by atoms with Crippen LogP contribution in [0.2, 0.25) is 0 Å². The maximum atomic E-state index is 11.5. The molecule has 0 bridgehead atoms. The maximum absolute atomic E-state index is 11.5. The topological polar surface area (TPSA) is 44.4 Å². The lowest BCUT2D eigenvalue weighted by molar-refractivity contribution is -0.122. The first-order valence-corrected chi connectivity index (χ1v) is 5.86. The van der Waals surface area contributed by atoms with Crippen LogP contribution in [0.5, 0.6) is 0 Å². The van der Waals surface area contributed by atoms with Crippen molar-refractivity contribution in [2.45, 2.75) is 33.7 Å². The van der Waals surface area contributed by atoms with Crippen molar-refractivity contribution < 1.29 is 4.79 Å². The maximum Gasteiger partial charge on any atom is 0.234 e. The number of nitrogens with zero attached hydrogens (tertiary/aromatic N) is 1. The molecule has 0 radical (unpaired) electrons. The van der Waals surface area contributed by atoms with Crippen molar-refractivity contribution in [1.82, 2.24) is 15.5 Å². The predicted octanol–water partition coefficient (Wildman–Crippen LogP) is 1.29. The molecule has 0 aromatic heterocycles. The molecule has 0 rings (SSSR count). The summed E-state index contributed by atoms with van der Waals surface area (Å²) in [7, 11) is 0. The van der Waals surface area contributed by atoms with E-state index in [2.05, 4.69) is 43.2 Å². The molecule has 0 aliphatic heterocycles. The number of hydrogen-bond acceptors (Lipinski definition) is 3. The van der Waals surface area contributed by atoms with Crippen molar-refractivity contribution in [3.63, 3.8) is 0 Å². The molecule has 1 atom stereocenters. The Morgan fingerprint density at radius 1 is 1.18 bits per heavy atom. The second kappa shape index (κ2) is 14.0. The van der Waals surface area contributed by atoms with Gasteiger partial charge in [0.2, 0.25) is 5.91 Å². The van der Waals surface area contributed by atoms with Crippen molar-refractivity contribution in [2.24, 2.45) is 0 Å². The highest BCUT2D eigenvalue weighted by atomic mass is 35.5. The van der Waals surface area contributed by atoms with Gasteiger partial charge in [-0.2, -0.15) is 0 Å². The van der Waals surface area contributed by atoms with Gasteiger partial charge in [0.15, 0.2) is 0 Å². The van der Waals surface area contributed by atoms with Crippen LogP contribution in [0.1, 0.15) is 27.7 Å². The van der Waals surface area contributed by atoms with E-state index < -0.39 is 0 Å². The number of amides is 1. The average molecular weight is 288 g/mol. The van der Waals surface area contributed by atoms with Crippen LogP contribution in [0, 0.1) is 0 Å². The lowest BCUT2D eigenvalue weighted by Gasteiger charge is -2.18. The molecule has 2 N–H and O–H groups in total. The first-order chi connectivity index (χ1) is 7.13. The third kappa shape index (κ3) is 12.2. The summed E-state index contributed by atoms with van der Waals surface area (Å²) in [6.45, 7) is 12.3. The molecule has 0 heterocycles. The minimum atomic E-state index is 0. The van der Waals surface area contributed by atoms with E-state index in [-0.39, 0.29) is 30.7 Å². The Hall–Kier alpha value is -0.0300. The van der Waals surface area contributed by atoms with E-state index in [9.17, 15) is 4.79 Å². The molecular weight excluding hydrogens is 261 g/mol. The molecule has 0 fully saturated rings. The molecule has 1 amide bonds. The van der Waals surface area contributed by atoms with Crippen molar-refractivity contribution in [2.75, 3.05) is 32.7 Å². The van der Waals surface area contributed by atoms with Crippen LogP contribution in [0.3, 0.4) is 0 Å². The Labute approximate surface area is 118 Å². The van der Waals surface area contributed by atoms with Crippen LogP contribution in [0.15, 0.2) is 0 Å². The van der Waals surface area contributed by atoms with Crippen molar-refractivity contribution in [3.05, 3.63) is 0 Å². The smallest absolute Gasteiger partial charge is 0.234 e. The van der Waals surface area contributed by atoms with Gasteiger partial charge >= 0.3 is 0 Å². The second-order valence-electron chi connectivity index (χ2n) is 3.72. The Bertz CT molecular complexity index is 178. The number of likely N-dealkylation sites (N-methyl/N-ethyl adjacent to an activating group) is 2. The van der Waals surface area contributed by atoms with Gasteiger partial charge in [-0.05, 0) is 26.6 Å². The van der Waals surface area contributed by atoms with Crippen LogP contribution >= 0.6 is 24.8 Å². The molecular formula is C11H27Cl2N3O. The summed E-state index contributed by atoms with van der Waals surface area (Å²) in [6, 6.07) is 0.343. The molecule has 0 aliphatic rings. The van der Waals surface area contributed by atoms with E-state index in [1.54, 1.807) is 0 Å². The zero-order valence-electron chi connectivity index (χ0n) is 11.3. The van der Waals surface area contributed by atoms with Crippen molar-refractivity contribution in [1.29, 1.82) is 0 Å². The number of hydrogen-bond donors (Lipinski definition) is 2. The van der Waals surface area contributed by atoms with Crippen LogP contribution in [0.25, 0.3) is 0 Å². The third-order valence-corrected chi connectivity index (χ3v) is 2.42. The van der Waals surface area contributed by atoms with Crippen molar-refractivity contribution >= 4 is 30.7 Å². The van der Waals surface area contributed by atoms with Crippen LogP contribution in [-0.4, -0.2) is 49.6 Å². The van der Waals surface area contributed by atoms with E-state index in [1.165, 1.54) is 0 Å². The molecule has 0 aromatic rings. The highest BCUT2D eigenvalue weighted by molar-refractivity contribution is 5.85. The molecule has 0 saturated carbocycles. The fourth-order valence-electron chi connectivity index (χ4n) is 1.39. The molecule has 17 heavy (non-hydrogen) atoms. The van der Waals surface area contributed by atoms with Crippen LogP contribution < -0.4 is 10.6 Å². The quantitative estimate of drug-likeness (QED) is 0.707. The summed E-state index contributed by atoms with van der Waals surface area (Å²) in [6.07, 6.45) is 0. The molecule has 0 aliphatic carbocycles. The van der Waals surface area contributed by atoms with Gasteiger partial charge in [0.05, 0.1) is 6.54 Å². The predicted molar refractivity (Wildman–Crippen MR) is 78.4 cm³/mol. The fraction of sp³-hybridized carbons (Fsp3) is 0.909. The molecule has 6 heteroatoms. The number of nitrogens with one attached hydrogen (secondary N) is 2. The highest BCUT2D eigenvalue weighted by Gasteiger charge is 2.07. The van der Waals surface area contributed by atoms with Gasteiger partial charge < -0.3 is 10.6 Å². The van der Waals surface area contributed by atoms with E-state index in [0.717, 1.165) is 19.6 Å². The fourth-order valence-corrected chi connectivity index (χ4v) is 1.39. The summed E-state index contributed by atoms with van der Waals surface area (Å²) in [5.74, 6) is 0.114. The van der Waals surface area contributed by atoms with Crippen LogP contribution in [0.4, 0.5) is 0 Å². The summed E-state index contributed by atoms with van der Waals surface area (Å²) >= 11 is 0. The largest absolute Gasteiger partial charge is 0.353 e. The van der Waals surface area contributed by atoms with Gasteiger partial charge in [-0.15, -0.1) is 24.8 Å². The van der Waals surface area contributed by atoms with Gasteiger partial charge in [-0.3, -0.25) is 9.69 Å². The Morgan fingerprint density at radius 2 is 1.71 bits per heavy atom. The van der Waals surface area contributed by atoms with E-state index in [4.69, 9.17) is 0 Å². The zero-order chi connectivity index (χ0) is 11.7. The van der Waals surface area contributed by atoms with E-state index in [1.807, 2.05) is 0 Å². The van der Waals surface area contributed by atoms with Gasteiger partial charge in [-0.1, -0.05) is 20.8 Å². The molecule has 0 aromatic carbocycles. The molecule has 4 nitrogen and oxygen atoms in total. The second-order valence-corrected chi connectivity index (χ2v) is 3.72. The minimum absolute atomic E-state index is 0. The zero-order valence-corrected chi connectivity index (χ0v) is 12.9. The number of rotatable bonds is 8. The lowest BCUT2D eigenvalue weighted by Crippen LogP contribution is -2.43. The van der Waals surface area contributed by atoms with Gasteiger partial charge in [0.25, 0.3) is 0 Å². The van der Waals surface area contributed by atoms with Gasteiger partial charge in [-0.25, -0.2) is 0 Å².